The Morgan fingerprint density at radius 1 is 1.10 bits per heavy atom. The molecule has 4 aromatic rings. The van der Waals surface area contributed by atoms with Gasteiger partial charge in [0.15, 0.2) is 17.7 Å². The van der Waals surface area contributed by atoms with Crippen LogP contribution < -0.4 is 32.7 Å². The fourth-order valence-electron chi connectivity index (χ4n) is 6.88. The first-order valence-electron chi connectivity index (χ1n) is 17.5. The first-order valence-corrected chi connectivity index (χ1v) is 17.9. The van der Waals surface area contributed by atoms with Crippen molar-refractivity contribution in [3.05, 3.63) is 81.1 Å². The first kappa shape index (κ1) is 34.0. The number of rotatable bonds is 11. The molecule has 0 aliphatic carbocycles. The molecule has 0 radical (unpaired) electrons. The summed E-state index contributed by atoms with van der Waals surface area (Å²) < 4.78 is 23.4. The molecular weight excluding hydrogens is 659 g/mol. The van der Waals surface area contributed by atoms with E-state index in [4.69, 9.17) is 22.1 Å². The van der Waals surface area contributed by atoms with Crippen LogP contribution in [0.3, 0.4) is 0 Å². The lowest BCUT2D eigenvalue weighted by Gasteiger charge is -2.36. The quantitative estimate of drug-likeness (QED) is 0.137. The fourth-order valence-corrected chi connectivity index (χ4v) is 7.12. The number of nitrogens with zero attached hydrogens (tertiary/aromatic N) is 4. The molecule has 7 N–H and O–H groups in total. The summed E-state index contributed by atoms with van der Waals surface area (Å²) in [6.07, 6.45) is 6.58. The summed E-state index contributed by atoms with van der Waals surface area (Å²) in [4.78, 5) is 29.6. The fraction of sp³-hybridized carbons (Fsp3) is 0.444. The lowest BCUT2D eigenvalue weighted by atomic mass is 9.93. The molecule has 5 heterocycles. The van der Waals surface area contributed by atoms with E-state index in [1.807, 2.05) is 31.2 Å². The number of nitrogens with two attached hydrogens (primary N) is 1. The van der Waals surface area contributed by atoms with E-state index < -0.39 is 11.5 Å². The van der Waals surface area contributed by atoms with Gasteiger partial charge in [0.1, 0.15) is 5.65 Å². The highest BCUT2D eigenvalue weighted by Gasteiger charge is 2.31. The smallest absolute Gasteiger partial charge is 0.354 e. The molecule has 4 atom stereocenters. The minimum absolute atomic E-state index is 0.0366. The molecule has 1 unspecified atom stereocenters. The zero-order valence-electron chi connectivity index (χ0n) is 28.1. The van der Waals surface area contributed by atoms with Gasteiger partial charge < -0.3 is 36.7 Å². The van der Waals surface area contributed by atoms with E-state index in [9.17, 15) is 4.79 Å². The SMILES string of the molecule is C[C@H](N)CCCc1cc(Cl)c(F)c(-c2cc3cn(-c4ccc([C@H]5CC(NC6=NCCN6)C[C@H](CCNC6=NCCN6)O5)cc4)c(=O)nc3[nH]2)c1. The van der Waals surface area contributed by atoms with Crippen molar-refractivity contribution in [1.29, 1.82) is 0 Å². The second-order valence-corrected chi connectivity index (χ2v) is 13.8. The van der Waals surface area contributed by atoms with E-state index in [-0.39, 0.29) is 29.3 Å². The monoisotopic (exact) mass is 702 g/mol. The van der Waals surface area contributed by atoms with Crippen LogP contribution in [-0.4, -0.2) is 77.4 Å². The lowest BCUT2D eigenvalue weighted by Crippen LogP contribution is -2.47. The summed E-state index contributed by atoms with van der Waals surface area (Å²) in [5.74, 6) is 1.17. The van der Waals surface area contributed by atoms with E-state index in [1.165, 1.54) is 4.57 Å². The standard InChI is InChI=1S/C36H44ClFN10O2/c1-21(39)3-2-4-22-15-28(32(38)29(37)16-22)30-17-24-20-48(36(49)47-33(24)46-30)26-7-5-23(6-8-26)31-19-25(45-35-43-13-14-44-35)18-27(50-31)9-10-40-34-41-11-12-42-34/h5-8,15-17,20-21,25,27,31H,2-4,9-14,18-19,39H2,1H3,(H2,40,41,42)(H2,43,44,45)(H,46,47,49)/t21-,25?,27-,31+/m0/s1. The summed E-state index contributed by atoms with van der Waals surface area (Å²) in [6, 6.07) is 13.4. The number of aryl methyl sites for hydroxylation is 1. The summed E-state index contributed by atoms with van der Waals surface area (Å²) in [7, 11) is 0. The Bertz CT molecular complexity index is 1940. The Morgan fingerprint density at radius 2 is 1.88 bits per heavy atom. The number of aromatic nitrogens is 3. The number of hydrogen-bond donors (Lipinski definition) is 6. The molecule has 264 valence electrons. The van der Waals surface area contributed by atoms with Crippen molar-refractivity contribution in [3.8, 4) is 16.9 Å². The maximum Gasteiger partial charge on any atom is 0.354 e. The number of halogens is 2. The number of aliphatic imine (C=N–C) groups is 2. The third-order valence-electron chi connectivity index (χ3n) is 9.40. The molecule has 0 bridgehead atoms. The summed E-state index contributed by atoms with van der Waals surface area (Å²) in [5.41, 5.74) is 9.29. The van der Waals surface area contributed by atoms with Crippen LogP contribution in [0.1, 0.15) is 56.3 Å². The number of hydrogen-bond acceptors (Lipinski definition) is 10. The number of fused-ring (bicyclic) bond motifs is 1. The van der Waals surface area contributed by atoms with Gasteiger partial charge in [-0.1, -0.05) is 23.7 Å². The average molecular weight is 703 g/mol. The molecule has 50 heavy (non-hydrogen) atoms. The van der Waals surface area contributed by atoms with Crippen LogP contribution >= 0.6 is 11.6 Å². The van der Waals surface area contributed by atoms with Gasteiger partial charge >= 0.3 is 5.69 Å². The Hall–Kier alpha value is -4.46. The van der Waals surface area contributed by atoms with E-state index in [1.54, 1.807) is 24.4 Å². The topological polar surface area (TPSA) is 159 Å². The van der Waals surface area contributed by atoms with Crippen molar-refractivity contribution in [2.75, 3.05) is 32.7 Å². The Balaban J connectivity index is 1.08. The zero-order chi connectivity index (χ0) is 34.6. The highest BCUT2D eigenvalue weighted by Crippen LogP contribution is 2.34. The maximum atomic E-state index is 15.2. The molecule has 0 saturated carbocycles. The van der Waals surface area contributed by atoms with Gasteiger partial charge in [-0.15, -0.1) is 0 Å². The Kier molecular flexibility index (Phi) is 10.3. The second-order valence-electron chi connectivity index (χ2n) is 13.4. The molecule has 0 amide bonds. The van der Waals surface area contributed by atoms with Crippen molar-refractivity contribution in [2.45, 2.75) is 69.7 Å². The molecule has 2 aromatic carbocycles. The van der Waals surface area contributed by atoms with Crippen LogP contribution in [-0.2, 0) is 11.2 Å². The van der Waals surface area contributed by atoms with E-state index in [0.717, 1.165) is 94.3 Å². The minimum atomic E-state index is -0.520. The molecule has 3 aliphatic heterocycles. The Morgan fingerprint density at radius 3 is 2.62 bits per heavy atom. The van der Waals surface area contributed by atoms with Crippen molar-refractivity contribution in [3.63, 3.8) is 0 Å². The molecule has 7 rings (SSSR count). The van der Waals surface area contributed by atoms with E-state index in [2.05, 4.69) is 41.2 Å². The molecule has 14 heteroatoms. The van der Waals surface area contributed by atoms with Gasteiger partial charge in [-0.2, -0.15) is 4.98 Å². The molecule has 1 saturated heterocycles. The summed E-state index contributed by atoms with van der Waals surface area (Å²) in [6.45, 7) is 6.00. The molecule has 12 nitrogen and oxygen atoms in total. The predicted octanol–water partition coefficient (Wildman–Crippen LogP) is 3.92. The highest BCUT2D eigenvalue weighted by molar-refractivity contribution is 6.31. The van der Waals surface area contributed by atoms with E-state index >= 15 is 4.39 Å². The van der Waals surface area contributed by atoms with Crippen molar-refractivity contribution < 1.29 is 9.13 Å². The van der Waals surface area contributed by atoms with Gasteiger partial charge in [0, 0.05) is 48.9 Å². The average Bonchev–Trinajstić information content (AvgIpc) is 3.89. The highest BCUT2D eigenvalue weighted by atomic mass is 35.5. The van der Waals surface area contributed by atoms with Crippen LogP contribution in [0.15, 0.2) is 63.4 Å². The first-order chi connectivity index (χ1) is 24.3. The van der Waals surface area contributed by atoms with Crippen LogP contribution in [0.5, 0.6) is 0 Å². The van der Waals surface area contributed by atoms with Crippen LogP contribution in [0.2, 0.25) is 5.02 Å². The van der Waals surface area contributed by atoms with Gasteiger partial charge in [-0.3, -0.25) is 14.6 Å². The number of benzene rings is 2. The van der Waals surface area contributed by atoms with Crippen molar-refractivity contribution in [2.24, 2.45) is 15.7 Å². The molecule has 2 aromatic heterocycles. The maximum absolute atomic E-state index is 15.2. The number of aromatic amines is 1. The number of guanidine groups is 2. The normalized spacial score (nSPS) is 21.0. The minimum Gasteiger partial charge on any atom is -0.370 e. The number of ether oxygens (including phenoxy) is 1. The van der Waals surface area contributed by atoms with E-state index in [0.29, 0.717) is 28.0 Å². The third kappa shape index (κ3) is 7.95. The summed E-state index contributed by atoms with van der Waals surface area (Å²) >= 11 is 6.30. The lowest BCUT2D eigenvalue weighted by molar-refractivity contribution is -0.0635. The van der Waals surface area contributed by atoms with Gasteiger partial charge in [-0.25, -0.2) is 9.18 Å². The second kappa shape index (κ2) is 15.2. The Labute approximate surface area is 295 Å². The van der Waals surface area contributed by atoms with Gasteiger partial charge in [0.25, 0.3) is 0 Å². The predicted molar refractivity (Wildman–Crippen MR) is 196 cm³/mol. The van der Waals surface area contributed by atoms with Crippen molar-refractivity contribution in [1.82, 2.24) is 35.8 Å². The number of nitrogens with one attached hydrogen (secondary N) is 5. The molecule has 1 fully saturated rings. The zero-order valence-corrected chi connectivity index (χ0v) is 28.9. The van der Waals surface area contributed by atoms with Gasteiger partial charge in [0.05, 0.1) is 41.7 Å². The third-order valence-corrected chi connectivity index (χ3v) is 9.68. The van der Waals surface area contributed by atoms with Gasteiger partial charge in [-0.05, 0) is 86.9 Å². The molecule has 0 spiro atoms. The summed E-state index contributed by atoms with van der Waals surface area (Å²) in [5, 5.41) is 14.3. The largest absolute Gasteiger partial charge is 0.370 e. The van der Waals surface area contributed by atoms with Crippen molar-refractivity contribution >= 4 is 34.6 Å². The van der Waals surface area contributed by atoms with Gasteiger partial charge in [0.2, 0.25) is 0 Å². The van der Waals surface area contributed by atoms with Crippen LogP contribution in [0.25, 0.3) is 28.0 Å². The molecular formula is C36H44ClFN10O2. The molecule has 3 aliphatic rings. The van der Waals surface area contributed by atoms with Crippen LogP contribution in [0, 0.1) is 5.82 Å². The number of H-pyrrole nitrogens is 1. The van der Waals surface area contributed by atoms with Crippen LogP contribution in [0.4, 0.5) is 4.39 Å².